The first kappa shape index (κ1) is 31.8. The molecule has 0 saturated heterocycles. The molecule has 234 valence electrons. The molecule has 45 heavy (non-hydrogen) atoms. The van der Waals surface area contributed by atoms with E-state index >= 15 is 4.39 Å². The van der Waals surface area contributed by atoms with Crippen LogP contribution in [-0.2, 0) is 32.6 Å². The molecule has 10 heteroatoms. The van der Waals surface area contributed by atoms with Gasteiger partial charge in [0.25, 0.3) is 10.0 Å². The largest absolute Gasteiger partial charge is 0.352 e. The first-order valence-corrected chi connectivity index (χ1v) is 16.4. The molecule has 0 spiro atoms. The normalized spacial score (nSPS) is 14.1. The lowest BCUT2D eigenvalue weighted by Gasteiger charge is -2.34. The van der Waals surface area contributed by atoms with Gasteiger partial charge in [-0.15, -0.1) is 0 Å². The highest BCUT2D eigenvalue weighted by Gasteiger charge is 2.35. The molecule has 0 radical (unpaired) electrons. The molecule has 0 bridgehead atoms. The van der Waals surface area contributed by atoms with Gasteiger partial charge in [-0.05, 0) is 60.9 Å². The predicted octanol–water partition coefficient (Wildman–Crippen LogP) is 5.86. The summed E-state index contributed by atoms with van der Waals surface area (Å²) >= 11 is 0. The lowest BCUT2D eigenvalue weighted by molar-refractivity contribution is -0.140. The van der Waals surface area contributed by atoms with Crippen LogP contribution in [0.4, 0.5) is 14.5 Å². The van der Waals surface area contributed by atoms with Crippen molar-refractivity contribution in [3.8, 4) is 0 Å². The highest BCUT2D eigenvalue weighted by atomic mass is 32.2. The van der Waals surface area contributed by atoms with Gasteiger partial charge >= 0.3 is 0 Å². The van der Waals surface area contributed by atoms with E-state index < -0.39 is 46.1 Å². The maximum atomic E-state index is 15.0. The van der Waals surface area contributed by atoms with Crippen LogP contribution in [0, 0.1) is 11.6 Å². The Kier molecular flexibility index (Phi) is 10.2. The second-order valence-electron chi connectivity index (χ2n) is 11.1. The van der Waals surface area contributed by atoms with E-state index in [1.165, 1.54) is 47.4 Å². The summed E-state index contributed by atoms with van der Waals surface area (Å²) in [6, 6.07) is 26.4. The molecular weight excluding hydrogens is 596 g/mol. The number of sulfonamides is 1. The van der Waals surface area contributed by atoms with Gasteiger partial charge in [-0.25, -0.2) is 17.2 Å². The second-order valence-corrected chi connectivity index (χ2v) is 13.0. The Morgan fingerprint density at radius 1 is 0.800 bits per heavy atom. The van der Waals surface area contributed by atoms with E-state index in [1.54, 1.807) is 24.3 Å². The molecule has 4 aromatic carbocycles. The van der Waals surface area contributed by atoms with E-state index in [2.05, 4.69) is 5.32 Å². The Morgan fingerprint density at radius 3 is 2.04 bits per heavy atom. The van der Waals surface area contributed by atoms with E-state index in [1.807, 2.05) is 30.3 Å². The SMILES string of the molecule is O=C(NC1CCCC1)C(Cc1ccccc1)N(Cc1ccccc1F)C(=O)CN(c1ccc(F)cc1)S(=O)(=O)c1ccccc1. The summed E-state index contributed by atoms with van der Waals surface area (Å²) in [7, 11) is -4.31. The van der Waals surface area contributed by atoms with E-state index in [0.717, 1.165) is 47.7 Å². The number of carbonyl (C=O) groups excluding carboxylic acids is 2. The average molecular weight is 632 g/mol. The van der Waals surface area contributed by atoms with Crippen molar-refractivity contribution in [2.75, 3.05) is 10.8 Å². The van der Waals surface area contributed by atoms with Crippen molar-refractivity contribution in [3.63, 3.8) is 0 Å². The Labute approximate surface area is 262 Å². The molecule has 0 aromatic heterocycles. The number of hydrogen-bond acceptors (Lipinski definition) is 4. The van der Waals surface area contributed by atoms with Crippen LogP contribution in [0.1, 0.15) is 36.8 Å². The summed E-state index contributed by atoms with van der Waals surface area (Å²) in [6.45, 7) is -0.983. The first-order chi connectivity index (χ1) is 21.7. The first-order valence-electron chi connectivity index (χ1n) is 14.9. The lowest BCUT2D eigenvalue weighted by Crippen LogP contribution is -2.54. The van der Waals surface area contributed by atoms with Crippen LogP contribution in [0.3, 0.4) is 0 Å². The summed E-state index contributed by atoms with van der Waals surface area (Å²) in [5.74, 6) is -2.24. The van der Waals surface area contributed by atoms with E-state index in [-0.39, 0.29) is 35.2 Å². The Morgan fingerprint density at radius 2 is 1.40 bits per heavy atom. The van der Waals surface area contributed by atoms with Gasteiger partial charge in [-0.1, -0.05) is 79.6 Å². The molecule has 1 N–H and O–H groups in total. The summed E-state index contributed by atoms with van der Waals surface area (Å²) in [5, 5.41) is 3.08. The molecule has 2 amide bonds. The molecule has 0 heterocycles. The van der Waals surface area contributed by atoms with Gasteiger partial charge in [0.2, 0.25) is 11.8 Å². The van der Waals surface area contributed by atoms with Gasteiger partial charge in [-0.3, -0.25) is 13.9 Å². The van der Waals surface area contributed by atoms with Crippen molar-refractivity contribution in [1.29, 1.82) is 0 Å². The third kappa shape index (κ3) is 7.94. The maximum absolute atomic E-state index is 15.0. The minimum absolute atomic E-state index is 0.0460. The van der Waals surface area contributed by atoms with Crippen molar-refractivity contribution < 1.29 is 26.8 Å². The molecule has 5 rings (SSSR count). The predicted molar refractivity (Wildman–Crippen MR) is 169 cm³/mol. The van der Waals surface area contributed by atoms with Gasteiger partial charge in [-0.2, -0.15) is 0 Å². The summed E-state index contributed by atoms with van der Waals surface area (Å²) in [5.41, 5.74) is 1.02. The summed E-state index contributed by atoms with van der Waals surface area (Å²) in [4.78, 5) is 29.6. The molecule has 1 aliphatic rings. The van der Waals surface area contributed by atoms with E-state index in [0.29, 0.717) is 0 Å². The van der Waals surface area contributed by atoms with Crippen molar-refractivity contribution >= 4 is 27.5 Å². The Balaban J connectivity index is 1.56. The quantitative estimate of drug-likeness (QED) is 0.212. The number of nitrogens with zero attached hydrogens (tertiary/aromatic N) is 2. The zero-order valence-electron chi connectivity index (χ0n) is 24.7. The third-order valence-corrected chi connectivity index (χ3v) is 9.78. The van der Waals surface area contributed by atoms with Crippen LogP contribution in [0.5, 0.6) is 0 Å². The zero-order chi connectivity index (χ0) is 31.8. The van der Waals surface area contributed by atoms with Gasteiger partial charge < -0.3 is 10.2 Å². The number of nitrogens with one attached hydrogen (secondary N) is 1. The Hall–Kier alpha value is -4.57. The van der Waals surface area contributed by atoms with Gasteiger partial charge in [0.1, 0.15) is 24.2 Å². The molecule has 4 aromatic rings. The monoisotopic (exact) mass is 631 g/mol. The van der Waals surface area contributed by atoms with Crippen LogP contribution in [-0.4, -0.2) is 43.8 Å². The van der Waals surface area contributed by atoms with Crippen molar-refractivity contribution in [2.45, 2.75) is 55.6 Å². The maximum Gasteiger partial charge on any atom is 0.264 e. The van der Waals surface area contributed by atoms with Crippen LogP contribution < -0.4 is 9.62 Å². The number of carbonyl (C=O) groups is 2. The third-order valence-electron chi connectivity index (χ3n) is 8.00. The number of hydrogen-bond donors (Lipinski definition) is 1. The molecule has 0 aliphatic heterocycles. The smallest absolute Gasteiger partial charge is 0.264 e. The van der Waals surface area contributed by atoms with Crippen molar-refractivity contribution in [1.82, 2.24) is 10.2 Å². The molecule has 7 nitrogen and oxygen atoms in total. The number of benzene rings is 4. The number of amides is 2. The number of rotatable bonds is 12. The molecule has 1 unspecified atom stereocenters. The van der Waals surface area contributed by atoms with Crippen molar-refractivity contribution in [3.05, 3.63) is 132 Å². The van der Waals surface area contributed by atoms with Crippen LogP contribution in [0.2, 0.25) is 0 Å². The highest BCUT2D eigenvalue weighted by Crippen LogP contribution is 2.26. The number of halogens is 2. The minimum Gasteiger partial charge on any atom is -0.352 e. The van der Waals surface area contributed by atoms with Gasteiger partial charge in [0, 0.05) is 24.6 Å². The Bertz CT molecular complexity index is 1700. The summed E-state index contributed by atoms with van der Waals surface area (Å²) in [6.07, 6.45) is 3.73. The molecule has 1 atom stereocenters. The molecule has 1 fully saturated rings. The minimum atomic E-state index is -4.31. The molecule has 1 saturated carbocycles. The van der Waals surface area contributed by atoms with E-state index in [9.17, 15) is 22.4 Å². The van der Waals surface area contributed by atoms with Crippen LogP contribution in [0.15, 0.2) is 114 Å². The highest BCUT2D eigenvalue weighted by molar-refractivity contribution is 7.92. The number of anilines is 1. The fourth-order valence-electron chi connectivity index (χ4n) is 5.59. The standard InChI is InChI=1S/C35H35F2N3O4S/c36-28-19-21-30(22-20-28)40(45(43,44)31-16-5-2-6-17-31)25-34(41)39(24-27-13-7-10-18-32(27)37)33(23-26-11-3-1-4-12-26)35(42)38-29-14-8-9-15-29/h1-7,10-13,16-22,29,33H,8-9,14-15,23-25H2,(H,38,42). The fraction of sp³-hybridized carbons (Fsp3) is 0.257. The summed E-state index contributed by atoms with van der Waals surface area (Å²) < 4.78 is 57.7. The van der Waals surface area contributed by atoms with E-state index in [4.69, 9.17) is 0 Å². The van der Waals surface area contributed by atoms with Crippen LogP contribution >= 0.6 is 0 Å². The lowest BCUT2D eigenvalue weighted by atomic mass is 10.0. The van der Waals surface area contributed by atoms with Crippen molar-refractivity contribution in [2.24, 2.45) is 0 Å². The fourth-order valence-corrected chi connectivity index (χ4v) is 7.02. The topological polar surface area (TPSA) is 86.8 Å². The van der Waals surface area contributed by atoms with Crippen LogP contribution in [0.25, 0.3) is 0 Å². The average Bonchev–Trinajstić information content (AvgIpc) is 3.56. The molecular formula is C35H35F2N3O4S. The zero-order valence-corrected chi connectivity index (χ0v) is 25.5. The van der Waals surface area contributed by atoms with Gasteiger partial charge in [0.15, 0.2) is 0 Å². The van der Waals surface area contributed by atoms with Gasteiger partial charge in [0.05, 0.1) is 10.6 Å². The molecule has 1 aliphatic carbocycles. The second kappa shape index (κ2) is 14.5.